The fourth-order valence-corrected chi connectivity index (χ4v) is 2.53. The minimum atomic E-state index is -4.45. The van der Waals surface area contributed by atoms with Crippen molar-refractivity contribution in [3.05, 3.63) is 46.4 Å². The zero-order valence-corrected chi connectivity index (χ0v) is 16.8. The number of aromatic nitrogens is 1. The van der Waals surface area contributed by atoms with E-state index in [2.05, 4.69) is 25.9 Å². The first-order chi connectivity index (χ1) is 11.9. The summed E-state index contributed by atoms with van der Waals surface area (Å²) in [6.07, 6.45) is -4.45. The van der Waals surface area contributed by atoms with E-state index in [4.69, 9.17) is 0 Å². The second-order valence-corrected chi connectivity index (χ2v) is 5.76. The average molecular weight is 499 g/mol. The predicted octanol–water partition coefficient (Wildman–Crippen LogP) is 3.08. The van der Waals surface area contributed by atoms with Gasteiger partial charge in [-0.05, 0) is 12.1 Å². The smallest absolute Gasteiger partial charge is 0.350 e. The number of rotatable bonds is 5. The summed E-state index contributed by atoms with van der Waals surface area (Å²) < 4.78 is 37.5. The fourth-order valence-electron chi connectivity index (χ4n) is 1.79. The molecule has 2 rings (SSSR count). The van der Waals surface area contributed by atoms with Gasteiger partial charge in [0.15, 0.2) is 11.7 Å². The van der Waals surface area contributed by atoms with Gasteiger partial charge in [-0.15, -0.1) is 35.3 Å². The van der Waals surface area contributed by atoms with Gasteiger partial charge in [-0.3, -0.25) is 9.79 Å². The van der Waals surface area contributed by atoms with Crippen LogP contribution in [0.1, 0.15) is 10.7 Å². The molecule has 0 radical (unpaired) electrons. The number of aliphatic imine (C=N–C) groups is 1. The van der Waals surface area contributed by atoms with Crippen LogP contribution in [-0.2, 0) is 17.5 Å². The van der Waals surface area contributed by atoms with Gasteiger partial charge in [-0.1, -0.05) is 18.2 Å². The number of nitrogens with one attached hydrogen (secondary N) is 3. The Morgan fingerprint density at radius 2 is 1.92 bits per heavy atom. The van der Waals surface area contributed by atoms with Crippen LogP contribution in [0.15, 0.2) is 40.7 Å². The summed E-state index contributed by atoms with van der Waals surface area (Å²) in [5, 5.41) is 9.51. The minimum Gasteiger partial charge on any atom is -0.350 e. The number of hydrogen-bond donors (Lipinski definition) is 3. The van der Waals surface area contributed by atoms with Crippen molar-refractivity contribution in [3.8, 4) is 0 Å². The van der Waals surface area contributed by atoms with E-state index in [0.717, 1.165) is 16.7 Å². The molecule has 1 heterocycles. The molecule has 0 bridgehead atoms. The second-order valence-electron chi connectivity index (χ2n) is 4.82. The highest BCUT2D eigenvalue weighted by atomic mass is 127. The maximum absolute atomic E-state index is 12.5. The van der Waals surface area contributed by atoms with E-state index in [1.165, 1.54) is 7.05 Å². The number of alkyl halides is 3. The quantitative estimate of drug-likeness (QED) is 0.336. The van der Waals surface area contributed by atoms with Crippen molar-refractivity contribution in [1.82, 2.24) is 15.6 Å². The summed E-state index contributed by atoms with van der Waals surface area (Å²) in [7, 11) is 1.49. The van der Waals surface area contributed by atoms with Crippen molar-refractivity contribution < 1.29 is 18.0 Å². The van der Waals surface area contributed by atoms with E-state index < -0.39 is 11.9 Å². The van der Waals surface area contributed by atoms with Crippen LogP contribution in [0.3, 0.4) is 0 Å². The lowest BCUT2D eigenvalue weighted by Crippen LogP contribution is -2.41. The number of thiazole rings is 1. The van der Waals surface area contributed by atoms with Gasteiger partial charge in [-0.2, -0.15) is 13.2 Å². The summed E-state index contributed by atoms with van der Waals surface area (Å²) in [4.78, 5) is 19.2. The first-order valence-electron chi connectivity index (χ1n) is 7.19. The first-order valence-corrected chi connectivity index (χ1v) is 8.07. The fraction of sp³-hybridized carbons (Fsp3) is 0.267. The normalized spacial score (nSPS) is 11.5. The molecule has 1 aromatic carbocycles. The summed E-state index contributed by atoms with van der Waals surface area (Å²) in [6.45, 7) is 0.0287. The zero-order valence-electron chi connectivity index (χ0n) is 13.6. The van der Waals surface area contributed by atoms with Crippen LogP contribution in [0.5, 0.6) is 0 Å². The molecule has 0 unspecified atom stereocenters. The van der Waals surface area contributed by atoms with Crippen molar-refractivity contribution >= 4 is 52.9 Å². The molecule has 1 aromatic heterocycles. The molecule has 0 aliphatic carbocycles. The molecule has 26 heavy (non-hydrogen) atoms. The molecule has 0 saturated carbocycles. The Morgan fingerprint density at radius 1 is 1.23 bits per heavy atom. The van der Waals surface area contributed by atoms with E-state index in [1.54, 1.807) is 24.3 Å². The van der Waals surface area contributed by atoms with Crippen LogP contribution in [0, 0.1) is 0 Å². The summed E-state index contributed by atoms with van der Waals surface area (Å²) in [5.41, 5.74) is -0.251. The number of halogens is 4. The molecule has 0 atom stereocenters. The maximum Gasteiger partial charge on any atom is 0.434 e. The molecule has 0 aliphatic heterocycles. The molecule has 6 nitrogen and oxygen atoms in total. The van der Waals surface area contributed by atoms with Crippen LogP contribution in [0.2, 0.25) is 0 Å². The second kappa shape index (κ2) is 10.3. The van der Waals surface area contributed by atoms with Crippen molar-refractivity contribution in [2.45, 2.75) is 12.7 Å². The highest BCUT2D eigenvalue weighted by Gasteiger charge is 2.33. The van der Waals surface area contributed by atoms with Crippen molar-refractivity contribution in [2.24, 2.45) is 4.99 Å². The lowest BCUT2D eigenvalue weighted by molar-refractivity contribution is -0.140. The molecule has 1 amide bonds. The highest BCUT2D eigenvalue weighted by molar-refractivity contribution is 14.0. The van der Waals surface area contributed by atoms with Gasteiger partial charge in [0, 0.05) is 18.1 Å². The molecule has 0 aliphatic rings. The molecular formula is C15H17F3IN5OS. The number of carbonyl (C=O) groups excluding carboxylic acids is 1. The Bertz CT molecular complexity index is 736. The largest absolute Gasteiger partial charge is 0.434 e. The van der Waals surface area contributed by atoms with Crippen LogP contribution >= 0.6 is 35.3 Å². The summed E-state index contributed by atoms with van der Waals surface area (Å²) in [5.74, 6) is 0.00901. The molecule has 0 saturated heterocycles. The van der Waals surface area contributed by atoms with E-state index in [-0.39, 0.29) is 53.9 Å². The van der Waals surface area contributed by atoms with Crippen LogP contribution in [-0.4, -0.2) is 30.4 Å². The molecular weight excluding hydrogens is 482 g/mol. The van der Waals surface area contributed by atoms with Gasteiger partial charge in [0.05, 0.1) is 13.1 Å². The van der Waals surface area contributed by atoms with Crippen LogP contribution in [0.4, 0.5) is 18.9 Å². The van der Waals surface area contributed by atoms with Gasteiger partial charge in [0.2, 0.25) is 5.91 Å². The number of benzene rings is 1. The Labute approximate surface area is 169 Å². The molecule has 2 aromatic rings. The highest BCUT2D eigenvalue weighted by Crippen LogP contribution is 2.29. The van der Waals surface area contributed by atoms with E-state index in [1.807, 2.05) is 6.07 Å². The van der Waals surface area contributed by atoms with Gasteiger partial charge in [0.25, 0.3) is 0 Å². The van der Waals surface area contributed by atoms with Gasteiger partial charge >= 0.3 is 6.18 Å². The Hall–Kier alpha value is -1.89. The molecule has 0 fully saturated rings. The third-order valence-electron chi connectivity index (χ3n) is 2.95. The van der Waals surface area contributed by atoms with Gasteiger partial charge < -0.3 is 16.0 Å². The number of para-hydroxylation sites is 1. The van der Waals surface area contributed by atoms with E-state index in [9.17, 15) is 18.0 Å². The lowest BCUT2D eigenvalue weighted by Gasteiger charge is -2.11. The number of guanidine groups is 1. The topological polar surface area (TPSA) is 78.4 Å². The number of hydrogen-bond acceptors (Lipinski definition) is 4. The molecule has 0 spiro atoms. The number of nitrogens with zero attached hydrogens (tertiary/aromatic N) is 2. The number of carbonyl (C=O) groups is 1. The van der Waals surface area contributed by atoms with E-state index >= 15 is 0 Å². The zero-order chi connectivity index (χ0) is 18.3. The lowest BCUT2D eigenvalue weighted by atomic mass is 10.3. The van der Waals surface area contributed by atoms with Gasteiger partial charge in [-0.25, -0.2) is 4.98 Å². The minimum absolute atomic E-state index is 0. The number of amides is 1. The molecule has 3 N–H and O–H groups in total. The van der Waals surface area contributed by atoms with Crippen LogP contribution < -0.4 is 16.0 Å². The molecule has 11 heteroatoms. The standard InChI is InChI=1S/C15H16F3N5OS.HI/c1-19-14(20-7-12(24)22-10-5-3-2-4-6-10)21-8-13-23-11(9-25-13)15(16,17)18;/h2-6,9H,7-8H2,1H3,(H,22,24)(H2,19,20,21);1H. The van der Waals surface area contributed by atoms with Gasteiger partial charge in [0.1, 0.15) is 5.01 Å². The van der Waals surface area contributed by atoms with Crippen molar-refractivity contribution in [2.75, 3.05) is 18.9 Å². The maximum atomic E-state index is 12.5. The predicted molar refractivity (Wildman–Crippen MR) is 106 cm³/mol. The third-order valence-corrected chi connectivity index (χ3v) is 3.80. The monoisotopic (exact) mass is 499 g/mol. The Kier molecular flexibility index (Phi) is 8.78. The van der Waals surface area contributed by atoms with Crippen LogP contribution in [0.25, 0.3) is 0 Å². The van der Waals surface area contributed by atoms with Crippen molar-refractivity contribution in [1.29, 1.82) is 0 Å². The summed E-state index contributed by atoms with van der Waals surface area (Å²) in [6, 6.07) is 8.94. The van der Waals surface area contributed by atoms with Crippen molar-refractivity contribution in [3.63, 3.8) is 0 Å². The SMILES string of the molecule is CN=C(NCC(=O)Nc1ccccc1)NCc1nc(C(F)(F)F)cs1.I. The Morgan fingerprint density at radius 3 is 2.50 bits per heavy atom. The first kappa shape index (κ1) is 22.2. The Balaban J connectivity index is 0.00000338. The third kappa shape index (κ3) is 7.15. The molecule has 142 valence electrons. The number of anilines is 1. The van der Waals surface area contributed by atoms with E-state index in [0.29, 0.717) is 5.69 Å². The average Bonchev–Trinajstić information content (AvgIpc) is 3.05. The summed E-state index contributed by atoms with van der Waals surface area (Å²) >= 11 is 0.899.